The largest absolute Gasteiger partial charge is 0.494 e. The van der Waals surface area contributed by atoms with Crippen molar-refractivity contribution in [3.8, 4) is 11.5 Å². The topological polar surface area (TPSA) is 67.9 Å². The molecule has 2 amide bonds. The number of ether oxygens (including phenoxy) is 2. The van der Waals surface area contributed by atoms with Crippen LogP contribution in [0.2, 0.25) is 0 Å². The Kier molecular flexibility index (Phi) is 6.07. The van der Waals surface area contributed by atoms with Gasteiger partial charge < -0.3 is 19.7 Å². The van der Waals surface area contributed by atoms with Crippen LogP contribution in [0.5, 0.6) is 11.5 Å². The molecule has 6 heteroatoms. The second-order valence-electron chi connectivity index (χ2n) is 7.44. The zero-order valence-electron chi connectivity index (χ0n) is 17.8. The molecule has 1 heterocycles. The number of anilines is 2. The van der Waals surface area contributed by atoms with Gasteiger partial charge in [0.05, 0.1) is 25.0 Å². The maximum Gasteiger partial charge on any atom is 0.260 e. The van der Waals surface area contributed by atoms with Gasteiger partial charge in [0.15, 0.2) is 0 Å². The lowest BCUT2D eigenvalue weighted by atomic mass is 10.0. The minimum Gasteiger partial charge on any atom is -0.494 e. The van der Waals surface area contributed by atoms with Crippen molar-refractivity contribution in [2.75, 3.05) is 30.5 Å². The third-order valence-electron chi connectivity index (χ3n) is 5.47. The Morgan fingerprint density at radius 1 is 1.06 bits per heavy atom. The van der Waals surface area contributed by atoms with E-state index in [0.717, 1.165) is 29.3 Å². The molecule has 6 nitrogen and oxygen atoms in total. The van der Waals surface area contributed by atoms with E-state index in [1.807, 2.05) is 49.4 Å². The molecule has 0 saturated carbocycles. The lowest BCUT2D eigenvalue weighted by Crippen LogP contribution is -2.35. The monoisotopic (exact) mass is 418 g/mol. The van der Waals surface area contributed by atoms with Gasteiger partial charge in [0.25, 0.3) is 5.91 Å². The van der Waals surface area contributed by atoms with Crippen molar-refractivity contribution in [1.82, 2.24) is 0 Å². The van der Waals surface area contributed by atoms with Gasteiger partial charge in [0, 0.05) is 24.7 Å². The Hall–Kier alpha value is -3.54. The van der Waals surface area contributed by atoms with Crippen molar-refractivity contribution >= 4 is 34.0 Å². The molecule has 1 saturated heterocycles. The molecule has 1 fully saturated rings. The van der Waals surface area contributed by atoms with Gasteiger partial charge in [-0.25, -0.2) is 0 Å². The number of carbonyl (C=O) groups excluding carboxylic acids is 2. The van der Waals surface area contributed by atoms with Crippen molar-refractivity contribution in [1.29, 1.82) is 0 Å². The van der Waals surface area contributed by atoms with E-state index >= 15 is 0 Å². The highest BCUT2D eigenvalue weighted by Crippen LogP contribution is 2.34. The van der Waals surface area contributed by atoms with Crippen molar-refractivity contribution in [2.24, 2.45) is 0 Å². The molecule has 3 aromatic rings. The van der Waals surface area contributed by atoms with Crippen LogP contribution < -0.4 is 19.7 Å². The predicted molar refractivity (Wildman–Crippen MR) is 122 cm³/mol. The SMILES string of the molecule is CCOc1ccc2ccccc2c1C(=O)Nc1ccc(N2CCCCC2=O)c(OC)c1. The van der Waals surface area contributed by atoms with E-state index in [1.165, 1.54) is 0 Å². The van der Waals surface area contributed by atoms with Crippen LogP contribution in [0.25, 0.3) is 10.8 Å². The Morgan fingerprint density at radius 2 is 1.90 bits per heavy atom. The number of fused-ring (bicyclic) bond motifs is 1. The van der Waals surface area contributed by atoms with Crippen LogP contribution in [0.1, 0.15) is 36.5 Å². The summed E-state index contributed by atoms with van der Waals surface area (Å²) in [5.41, 5.74) is 1.81. The van der Waals surface area contributed by atoms with Crippen LogP contribution >= 0.6 is 0 Å². The first-order chi connectivity index (χ1) is 15.1. The fraction of sp³-hybridized carbons (Fsp3) is 0.280. The van der Waals surface area contributed by atoms with Crippen LogP contribution in [0.3, 0.4) is 0 Å². The minimum atomic E-state index is -0.260. The van der Waals surface area contributed by atoms with E-state index < -0.39 is 0 Å². The maximum atomic E-state index is 13.3. The molecule has 0 atom stereocenters. The molecule has 1 aliphatic rings. The molecule has 31 heavy (non-hydrogen) atoms. The Morgan fingerprint density at radius 3 is 2.68 bits per heavy atom. The van der Waals surface area contributed by atoms with Gasteiger partial charge in [0.1, 0.15) is 11.5 Å². The van der Waals surface area contributed by atoms with E-state index in [1.54, 1.807) is 24.1 Å². The third kappa shape index (κ3) is 4.19. The molecule has 3 aromatic carbocycles. The van der Waals surface area contributed by atoms with E-state index in [9.17, 15) is 9.59 Å². The van der Waals surface area contributed by atoms with Crippen LogP contribution in [0.15, 0.2) is 54.6 Å². The molecule has 0 bridgehead atoms. The summed E-state index contributed by atoms with van der Waals surface area (Å²) in [6, 6.07) is 16.9. The summed E-state index contributed by atoms with van der Waals surface area (Å²) in [7, 11) is 1.57. The van der Waals surface area contributed by atoms with Gasteiger partial charge >= 0.3 is 0 Å². The summed E-state index contributed by atoms with van der Waals surface area (Å²) in [5, 5.41) is 4.76. The van der Waals surface area contributed by atoms with Crippen LogP contribution in [-0.2, 0) is 4.79 Å². The summed E-state index contributed by atoms with van der Waals surface area (Å²) < 4.78 is 11.3. The summed E-state index contributed by atoms with van der Waals surface area (Å²) in [5.74, 6) is 0.930. The average molecular weight is 418 g/mol. The summed E-state index contributed by atoms with van der Waals surface area (Å²) >= 11 is 0. The standard InChI is InChI=1S/C25H26N2O4/c1-3-31-21-14-11-17-8-4-5-9-19(17)24(21)25(29)26-18-12-13-20(22(16-18)30-2)27-15-7-6-10-23(27)28/h4-5,8-9,11-14,16H,3,6-7,10,15H2,1-2H3,(H,26,29). The van der Waals surface area contributed by atoms with Crippen molar-refractivity contribution in [3.05, 3.63) is 60.2 Å². The van der Waals surface area contributed by atoms with E-state index in [0.29, 0.717) is 42.3 Å². The molecular weight excluding hydrogens is 392 g/mol. The number of piperidine rings is 1. The zero-order valence-corrected chi connectivity index (χ0v) is 17.8. The van der Waals surface area contributed by atoms with E-state index in [2.05, 4.69) is 5.32 Å². The average Bonchev–Trinajstić information content (AvgIpc) is 2.79. The molecule has 0 radical (unpaired) electrons. The summed E-state index contributed by atoms with van der Waals surface area (Å²) in [6.45, 7) is 3.03. The number of nitrogens with zero attached hydrogens (tertiary/aromatic N) is 1. The Bertz CT molecular complexity index is 1130. The number of hydrogen-bond acceptors (Lipinski definition) is 4. The van der Waals surface area contributed by atoms with Gasteiger partial charge in [0.2, 0.25) is 5.91 Å². The lowest BCUT2D eigenvalue weighted by Gasteiger charge is -2.28. The first kappa shape index (κ1) is 20.7. The number of carbonyl (C=O) groups is 2. The number of nitrogens with one attached hydrogen (secondary N) is 1. The first-order valence-electron chi connectivity index (χ1n) is 10.6. The number of rotatable bonds is 6. The number of hydrogen-bond donors (Lipinski definition) is 1. The molecule has 1 aliphatic heterocycles. The van der Waals surface area contributed by atoms with Crippen molar-refractivity contribution < 1.29 is 19.1 Å². The fourth-order valence-corrected chi connectivity index (χ4v) is 3.99. The summed E-state index contributed by atoms with van der Waals surface area (Å²) in [4.78, 5) is 27.3. The van der Waals surface area contributed by atoms with Crippen molar-refractivity contribution in [3.63, 3.8) is 0 Å². The minimum absolute atomic E-state index is 0.0958. The number of amides is 2. The molecule has 0 unspecified atom stereocenters. The molecule has 4 rings (SSSR count). The maximum absolute atomic E-state index is 13.3. The van der Waals surface area contributed by atoms with Gasteiger partial charge in [-0.2, -0.15) is 0 Å². The Balaban J connectivity index is 1.66. The van der Waals surface area contributed by atoms with E-state index in [-0.39, 0.29) is 11.8 Å². The number of benzene rings is 3. The molecule has 0 aliphatic carbocycles. The fourth-order valence-electron chi connectivity index (χ4n) is 3.99. The van der Waals surface area contributed by atoms with Crippen LogP contribution in [0.4, 0.5) is 11.4 Å². The molecule has 1 N–H and O–H groups in total. The van der Waals surface area contributed by atoms with Crippen LogP contribution in [-0.4, -0.2) is 32.1 Å². The first-order valence-corrected chi connectivity index (χ1v) is 10.6. The van der Waals surface area contributed by atoms with Gasteiger partial charge in [-0.1, -0.05) is 30.3 Å². The van der Waals surface area contributed by atoms with Crippen molar-refractivity contribution in [2.45, 2.75) is 26.2 Å². The zero-order chi connectivity index (χ0) is 21.8. The quantitative estimate of drug-likeness (QED) is 0.611. The second kappa shape index (κ2) is 9.08. The summed E-state index contributed by atoms with van der Waals surface area (Å²) in [6.07, 6.45) is 2.43. The van der Waals surface area contributed by atoms with Gasteiger partial charge in [-0.3, -0.25) is 9.59 Å². The third-order valence-corrected chi connectivity index (χ3v) is 5.47. The lowest BCUT2D eigenvalue weighted by molar-refractivity contribution is -0.119. The highest BCUT2D eigenvalue weighted by atomic mass is 16.5. The Labute approximate surface area is 181 Å². The molecule has 0 aromatic heterocycles. The molecule has 0 spiro atoms. The van der Waals surface area contributed by atoms with E-state index in [4.69, 9.17) is 9.47 Å². The predicted octanol–water partition coefficient (Wildman–Crippen LogP) is 5.02. The van der Waals surface area contributed by atoms with Gasteiger partial charge in [-0.05, 0) is 48.7 Å². The highest BCUT2D eigenvalue weighted by molar-refractivity contribution is 6.15. The normalized spacial score (nSPS) is 13.9. The number of methoxy groups -OCH3 is 1. The van der Waals surface area contributed by atoms with Crippen LogP contribution in [0, 0.1) is 0 Å². The van der Waals surface area contributed by atoms with Gasteiger partial charge in [-0.15, -0.1) is 0 Å². The molecular formula is C25H26N2O4. The smallest absolute Gasteiger partial charge is 0.260 e. The highest BCUT2D eigenvalue weighted by Gasteiger charge is 2.23. The molecule has 160 valence electrons. The second-order valence-corrected chi connectivity index (χ2v) is 7.44.